The van der Waals surface area contributed by atoms with Crippen LogP contribution in [0, 0.1) is 39.1 Å². The highest BCUT2D eigenvalue weighted by molar-refractivity contribution is 6.02. The molecule has 6 heteroatoms. The van der Waals surface area contributed by atoms with E-state index in [0.29, 0.717) is 0 Å². The Morgan fingerprint density at radius 1 is 1.50 bits per heavy atom. The van der Waals surface area contributed by atoms with E-state index in [4.69, 9.17) is 5.26 Å². The van der Waals surface area contributed by atoms with Gasteiger partial charge in [-0.3, -0.25) is 14.9 Å². The average Bonchev–Trinajstić information content (AvgIpc) is 2.28. The number of hydrogen-bond donors (Lipinski definition) is 0. The Morgan fingerprint density at radius 3 is 2.56 bits per heavy atom. The van der Waals surface area contributed by atoms with Crippen molar-refractivity contribution in [3.05, 3.63) is 39.7 Å². The van der Waals surface area contributed by atoms with Crippen LogP contribution in [0.3, 0.4) is 0 Å². The summed E-state index contributed by atoms with van der Waals surface area (Å²) >= 11 is 0. The highest BCUT2D eigenvalue weighted by Gasteiger charge is 2.29. The first-order chi connectivity index (χ1) is 8.38. The molecule has 1 aromatic rings. The number of nitrogens with zero attached hydrogens (tertiary/aromatic N) is 2. The van der Waals surface area contributed by atoms with Crippen LogP contribution in [0.15, 0.2) is 18.2 Å². The van der Waals surface area contributed by atoms with Gasteiger partial charge in [0, 0.05) is 6.07 Å². The summed E-state index contributed by atoms with van der Waals surface area (Å²) < 4.78 is 13.1. The second-order valence-corrected chi connectivity index (χ2v) is 4.13. The number of nitro benzene ring substituents is 1. The molecule has 0 aliphatic heterocycles. The van der Waals surface area contributed by atoms with E-state index in [9.17, 15) is 19.3 Å². The minimum Gasteiger partial charge on any atom is -0.292 e. The Bertz CT molecular complexity index is 535. The number of carbonyl (C=O) groups excluding carboxylic acids is 1. The zero-order chi connectivity index (χ0) is 13.9. The maximum atomic E-state index is 13.1. The van der Waals surface area contributed by atoms with E-state index < -0.39 is 28.1 Å². The maximum absolute atomic E-state index is 13.1. The predicted octanol–water partition coefficient (Wildman–Crippen LogP) is 2.71. The molecule has 1 aromatic carbocycles. The predicted molar refractivity (Wildman–Crippen MR) is 61.3 cm³/mol. The molecule has 0 N–H and O–H groups in total. The van der Waals surface area contributed by atoms with Crippen LogP contribution < -0.4 is 0 Å². The van der Waals surface area contributed by atoms with Gasteiger partial charge in [0.2, 0.25) is 0 Å². The fourth-order valence-electron chi connectivity index (χ4n) is 1.54. The number of nitriles is 1. The van der Waals surface area contributed by atoms with E-state index in [1.807, 2.05) is 0 Å². The molecule has 0 saturated carbocycles. The third-order valence-electron chi connectivity index (χ3n) is 2.51. The zero-order valence-corrected chi connectivity index (χ0v) is 9.88. The SMILES string of the molecule is CC(C)C(C#N)C(=O)c1cc(F)ccc1[N+](=O)[O-]. The molecule has 0 heterocycles. The van der Waals surface area contributed by atoms with Gasteiger partial charge in [0.1, 0.15) is 11.7 Å². The lowest BCUT2D eigenvalue weighted by atomic mass is 9.88. The van der Waals surface area contributed by atoms with Crippen molar-refractivity contribution in [1.29, 1.82) is 5.26 Å². The molecular formula is C12H11FN2O3. The fraction of sp³-hybridized carbons (Fsp3) is 0.333. The van der Waals surface area contributed by atoms with E-state index in [1.54, 1.807) is 19.9 Å². The number of halogens is 1. The fourth-order valence-corrected chi connectivity index (χ4v) is 1.54. The number of carbonyl (C=O) groups is 1. The Balaban J connectivity index is 3.32. The normalized spacial score (nSPS) is 11.9. The smallest absolute Gasteiger partial charge is 0.280 e. The summed E-state index contributed by atoms with van der Waals surface area (Å²) in [6, 6.07) is 4.43. The van der Waals surface area contributed by atoms with E-state index in [2.05, 4.69) is 0 Å². The lowest BCUT2D eigenvalue weighted by Gasteiger charge is -2.11. The number of benzene rings is 1. The molecule has 0 radical (unpaired) electrons. The van der Waals surface area contributed by atoms with Gasteiger partial charge in [-0.05, 0) is 18.1 Å². The second kappa shape index (κ2) is 5.36. The highest BCUT2D eigenvalue weighted by Crippen LogP contribution is 2.25. The molecule has 0 saturated heterocycles. The van der Waals surface area contributed by atoms with Gasteiger partial charge in [0.15, 0.2) is 5.78 Å². The third-order valence-corrected chi connectivity index (χ3v) is 2.51. The van der Waals surface area contributed by atoms with Crippen molar-refractivity contribution >= 4 is 11.5 Å². The van der Waals surface area contributed by atoms with Crippen molar-refractivity contribution in [2.75, 3.05) is 0 Å². The first kappa shape index (κ1) is 13.8. The first-order valence-electron chi connectivity index (χ1n) is 5.26. The Kier molecular flexibility index (Phi) is 4.10. The van der Waals surface area contributed by atoms with Gasteiger partial charge in [-0.1, -0.05) is 13.8 Å². The molecule has 1 atom stereocenters. The van der Waals surface area contributed by atoms with Crippen LogP contribution in [0.1, 0.15) is 24.2 Å². The Labute approximate surface area is 103 Å². The lowest BCUT2D eigenvalue weighted by Crippen LogP contribution is -2.20. The van der Waals surface area contributed by atoms with Crippen molar-refractivity contribution in [3.63, 3.8) is 0 Å². The first-order valence-corrected chi connectivity index (χ1v) is 5.26. The van der Waals surface area contributed by atoms with Crippen molar-refractivity contribution in [2.45, 2.75) is 13.8 Å². The second-order valence-electron chi connectivity index (χ2n) is 4.13. The molecular weight excluding hydrogens is 239 g/mol. The van der Waals surface area contributed by atoms with Crippen LogP contribution >= 0.6 is 0 Å². The molecule has 0 aromatic heterocycles. The summed E-state index contributed by atoms with van der Waals surface area (Å²) in [5.74, 6) is -2.79. The van der Waals surface area contributed by atoms with Crippen LogP contribution in [0.4, 0.5) is 10.1 Å². The number of nitro groups is 1. The molecule has 0 aliphatic carbocycles. The van der Waals surface area contributed by atoms with Gasteiger partial charge < -0.3 is 0 Å². The van der Waals surface area contributed by atoms with Crippen molar-refractivity contribution < 1.29 is 14.1 Å². The van der Waals surface area contributed by atoms with E-state index in [-0.39, 0.29) is 11.5 Å². The van der Waals surface area contributed by atoms with Crippen LogP contribution in [0.25, 0.3) is 0 Å². The third kappa shape index (κ3) is 2.69. The molecule has 0 amide bonds. The topological polar surface area (TPSA) is 84.0 Å². The molecule has 94 valence electrons. The average molecular weight is 250 g/mol. The summed E-state index contributed by atoms with van der Waals surface area (Å²) in [4.78, 5) is 22.0. The van der Waals surface area contributed by atoms with Gasteiger partial charge in [0.05, 0.1) is 16.6 Å². The van der Waals surface area contributed by atoms with Crippen LogP contribution in [-0.4, -0.2) is 10.7 Å². The van der Waals surface area contributed by atoms with Crippen LogP contribution in [-0.2, 0) is 0 Å². The summed E-state index contributed by atoms with van der Waals surface area (Å²) in [6.45, 7) is 3.30. The zero-order valence-electron chi connectivity index (χ0n) is 9.88. The standard InChI is InChI=1S/C12H11FN2O3/c1-7(2)10(6-14)12(16)9-5-8(13)3-4-11(9)15(17)18/h3-5,7,10H,1-2H3. The van der Waals surface area contributed by atoms with Gasteiger partial charge in [0.25, 0.3) is 5.69 Å². The Morgan fingerprint density at radius 2 is 2.11 bits per heavy atom. The van der Waals surface area contributed by atoms with Crippen molar-refractivity contribution in [1.82, 2.24) is 0 Å². The monoisotopic (exact) mass is 250 g/mol. The van der Waals surface area contributed by atoms with E-state index in [1.165, 1.54) is 0 Å². The summed E-state index contributed by atoms with van der Waals surface area (Å²) in [5, 5.41) is 19.7. The molecule has 0 bridgehead atoms. The summed E-state index contributed by atoms with van der Waals surface area (Å²) in [5.41, 5.74) is -0.845. The maximum Gasteiger partial charge on any atom is 0.280 e. The van der Waals surface area contributed by atoms with Gasteiger partial charge >= 0.3 is 0 Å². The lowest BCUT2D eigenvalue weighted by molar-refractivity contribution is -0.385. The molecule has 1 unspecified atom stereocenters. The Hall–Kier alpha value is -2.29. The highest BCUT2D eigenvalue weighted by atomic mass is 19.1. The van der Waals surface area contributed by atoms with Gasteiger partial charge in [-0.15, -0.1) is 0 Å². The number of rotatable bonds is 4. The molecule has 0 fully saturated rings. The number of Topliss-reactive ketones (excluding diaryl/α,β-unsaturated/α-hetero) is 1. The van der Waals surface area contributed by atoms with E-state index in [0.717, 1.165) is 18.2 Å². The molecule has 5 nitrogen and oxygen atoms in total. The summed E-state index contributed by atoms with van der Waals surface area (Å²) in [7, 11) is 0. The summed E-state index contributed by atoms with van der Waals surface area (Å²) in [6.07, 6.45) is 0. The van der Waals surface area contributed by atoms with Gasteiger partial charge in [-0.25, -0.2) is 4.39 Å². The van der Waals surface area contributed by atoms with Crippen molar-refractivity contribution in [2.24, 2.45) is 11.8 Å². The molecule has 0 spiro atoms. The van der Waals surface area contributed by atoms with Gasteiger partial charge in [-0.2, -0.15) is 5.26 Å². The number of hydrogen-bond acceptors (Lipinski definition) is 4. The largest absolute Gasteiger partial charge is 0.292 e. The van der Waals surface area contributed by atoms with E-state index >= 15 is 0 Å². The molecule has 0 aliphatic rings. The quantitative estimate of drug-likeness (QED) is 0.467. The minimum absolute atomic E-state index is 0.301. The molecule has 18 heavy (non-hydrogen) atoms. The van der Waals surface area contributed by atoms with Crippen LogP contribution in [0.2, 0.25) is 0 Å². The molecule has 1 rings (SSSR count). The van der Waals surface area contributed by atoms with Crippen molar-refractivity contribution in [3.8, 4) is 6.07 Å². The number of ketones is 1. The minimum atomic E-state index is -1.02. The van der Waals surface area contributed by atoms with Crippen LogP contribution in [0.5, 0.6) is 0 Å².